The van der Waals surface area contributed by atoms with Crippen LogP contribution in [0.3, 0.4) is 0 Å². The van der Waals surface area contributed by atoms with Crippen molar-refractivity contribution in [1.29, 1.82) is 0 Å². The molecule has 1 aliphatic heterocycles. The van der Waals surface area contributed by atoms with E-state index in [1.165, 1.54) is 48.5 Å². The number of carbonyl (C=O) groups excluding carboxylic acids is 1. The van der Waals surface area contributed by atoms with E-state index in [1.54, 1.807) is 30.3 Å². The number of fused-ring (bicyclic) bond motifs is 2. The number of anilines is 3. The second-order valence-electron chi connectivity index (χ2n) is 7.94. The molecule has 4 aromatic rings. The molecule has 0 saturated carbocycles. The van der Waals surface area contributed by atoms with Crippen LogP contribution in [-0.4, -0.2) is 30.1 Å². The van der Waals surface area contributed by atoms with Gasteiger partial charge in [0.05, 0.1) is 29.0 Å². The van der Waals surface area contributed by atoms with Crippen LogP contribution in [0.2, 0.25) is 0 Å². The normalized spacial score (nSPS) is 14.1. The fourth-order valence-corrected chi connectivity index (χ4v) is 5.33. The van der Waals surface area contributed by atoms with Gasteiger partial charge in [0.15, 0.2) is 0 Å². The van der Waals surface area contributed by atoms with E-state index in [1.807, 2.05) is 0 Å². The molecule has 0 bridgehead atoms. The number of nitrogen functional groups attached to an aromatic ring is 1. The molecule has 11 heteroatoms. The van der Waals surface area contributed by atoms with Crippen molar-refractivity contribution in [1.82, 2.24) is 9.97 Å². The standard InChI is InChI=1S/C24H19FN6O3S/c1-14-28-19-5-2-6-21(23(19)35(33,34)30-14)31(24(32)16-4-3-9-27-12-16)13-15-10-18(25)17-7-8-22(26)29-20(17)11-15/h2-12H,13H2,1H3,(H2,26,29)(H,28,30). The van der Waals surface area contributed by atoms with E-state index in [2.05, 4.69) is 19.7 Å². The molecule has 9 nitrogen and oxygen atoms in total. The zero-order valence-corrected chi connectivity index (χ0v) is 19.3. The van der Waals surface area contributed by atoms with Gasteiger partial charge in [-0.2, -0.15) is 8.42 Å². The first-order chi connectivity index (χ1) is 16.7. The Balaban J connectivity index is 1.68. The van der Waals surface area contributed by atoms with Crippen molar-refractivity contribution >= 4 is 49.9 Å². The lowest BCUT2D eigenvalue weighted by atomic mass is 10.1. The van der Waals surface area contributed by atoms with Gasteiger partial charge >= 0.3 is 0 Å². The number of aromatic nitrogens is 2. The predicted molar refractivity (Wildman–Crippen MR) is 131 cm³/mol. The van der Waals surface area contributed by atoms with Gasteiger partial charge in [-0.25, -0.2) is 9.37 Å². The summed E-state index contributed by atoms with van der Waals surface area (Å²) in [6.45, 7) is 1.38. The molecule has 2 aromatic heterocycles. The highest BCUT2D eigenvalue weighted by molar-refractivity contribution is 7.90. The van der Waals surface area contributed by atoms with Crippen LogP contribution in [0.1, 0.15) is 22.8 Å². The second kappa shape index (κ2) is 8.44. The minimum atomic E-state index is -4.11. The van der Waals surface area contributed by atoms with E-state index >= 15 is 0 Å². The van der Waals surface area contributed by atoms with Crippen LogP contribution in [0.15, 0.2) is 76.3 Å². The van der Waals surface area contributed by atoms with E-state index in [9.17, 15) is 17.6 Å². The number of hydrogen-bond acceptors (Lipinski definition) is 7. The van der Waals surface area contributed by atoms with Crippen molar-refractivity contribution in [3.05, 3.63) is 83.9 Å². The van der Waals surface area contributed by atoms with Crippen LogP contribution in [0.5, 0.6) is 0 Å². The summed E-state index contributed by atoms with van der Waals surface area (Å²) in [4.78, 5) is 22.9. The molecule has 0 spiro atoms. The van der Waals surface area contributed by atoms with Gasteiger partial charge in [0, 0.05) is 17.8 Å². The van der Waals surface area contributed by atoms with Gasteiger partial charge in [-0.3, -0.25) is 9.78 Å². The van der Waals surface area contributed by atoms with Crippen LogP contribution in [-0.2, 0) is 16.6 Å². The number of pyridine rings is 2. The first kappa shape index (κ1) is 22.4. The number of nitrogens with zero attached hydrogens (tertiary/aromatic N) is 4. The van der Waals surface area contributed by atoms with Crippen molar-refractivity contribution in [2.24, 2.45) is 4.40 Å². The lowest BCUT2D eigenvalue weighted by Crippen LogP contribution is -2.33. The molecule has 0 saturated heterocycles. The van der Waals surface area contributed by atoms with Gasteiger partial charge in [-0.05, 0) is 61.0 Å². The van der Waals surface area contributed by atoms with Crippen LogP contribution in [0.4, 0.5) is 21.6 Å². The zero-order chi connectivity index (χ0) is 24.7. The Morgan fingerprint density at radius 3 is 2.74 bits per heavy atom. The van der Waals surface area contributed by atoms with Crippen molar-refractivity contribution in [3.63, 3.8) is 0 Å². The van der Waals surface area contributed by atoms with Crippen molar-refractivity contribution in [2.75, 3.05) is 16.0 Å². The van der Waals surface area contributed by atoms with Crippen molar-refractivity contribution in [2.45, 2.75) is 18.4 Å². The van der Waals surface area contributed by atoms with E-state index in [4.69, 9.17) is 5.73 Å². The zero-order valence-electron chi connectivity index (χ0n) is 18.4. The maximum atomic E-state index is 14.9. The molecule has 5 rings (SSSR count). The number of benzene rings is 2. The molecule has 1 amide bonds. The van der Waals surface area contributed by atoms with Crippen LogP contribution in [0.25, 0.3) is 10.9 Å². The lowest BCUT2D eigenvalue weighted by Gasteiger charge is -2.27. The molecule has 0 aliphatic carbocycles. The van der Waals surface area contributed by atoms with Gasteiger partial charge in [0.2, 0.25) is 0 Å². The van der Waals surface area contributed by atoms with Crippen LogP contribution < -0.4 is 16.0 Å². The van der Waals surface area contributed by atoms with Gasteiger partial charge in [0.1, 0.15) is 22.4 Å². The summed E-state index contributed by atoms with van der Waals surface area (Å²) in [7, 11) is -4.11. The molecule has 0 unspecified atom stereocenters. The summed E-state index contributed by atoms with van der Waals surface area (Å²) in [6, 6.07) is 13.8. The number of nitrogens with one attached hydrogen (secondary N) is 1. The van der Waals surface area contributed by atoms with Gasteiger partial charge in [0.25, 0.3) is 15.9 Å². The summed E-state index contributed by atoms with van der Waals surface area (Å²) >= 11 is 0. The van der Waals surface area contributed by atoms with Gasteiger partial charge in [-0.15, -0.1) is 4.40 Å². The third-order valence-electron chi connectivity index (χ3n) is 5.45. The van der Waals surface area contributed by atoms with Crippen LogP contribution in [0, 0.1) is 5.82 Å². The molecule has 0 fully saturated rings. The minimum absolute atomic E-state index is 0.0983. The summed E-state index contributed by atoms with van der Waals surface area (Å²) in [5, 5.41) is 3.21. The predicted octanol–water partition coefficient (Wildman–Crippen LogP) is 3.73. The number of sulfonamides is 1. The molecule has 0 radical (unpaired) electrons. The molecular formula is C24H19FN6O3S. The van der Waals surface area contributed by atoms with Crippen molar-refractivity contribution in [3.8, 4) is 0 Å². The molecule has 35 heavy (non-hydrogen) atoms. The second-order valence-corrected chi connectivity index (χ2v) is 9.48. The number of amides is 1. The number of halogens is 1. The highest BCUT2D eigenvalue weighted by atomic mass is 32.2. The van der Waals surface area contributed by atoms with E-state index in [0.717, 1.165) is 0 Å². The average Bonchev–Trinajstić information content (AvgIpc) is 2.81. The Morgan fingerprint density at radius 1 is 1.14 bits per heavy atom. The SMILES string of the molecule is CC1=NS(=O)(=O)c2c(cccc2N(Cc2cc(F)c3ccc(N)nc3c2)C(=O)c2cccnc2)N1. The molecule has 1 aliphatic rings. The Morgan fingerprint density at radius 2 is 1.97 bits per heavy atom. The molecular weight excluding hydrogens is 471 g/mol. The first-order valence-electron chi connectivity index (χ1n) is 10.5. The third kappa shape index (κ3) is 4.17. The topological polar surface area (TPSA) is 131 Å². The maximum absolute atomic E-state index is 14.9. The van der Waals surface area contributed by atoms with Gasteiger partial charge < -0.3 is 16.0 Å². The van der Waals surface area contributed by atoms with Crippen LogP contribution >= 0.6 is 0 Å². The highest BCUT2D eigenvalue weighted by Crippen LogP contribution is 2.37. The Kier molecular flexibility index (Phi) is 5.40. The Bertz CT molecular complexity index is 1620. The fraction of sp³-hybridized carbons (Fsp3) is 0.0833. The quantitative estimate of drug-likeness (QED) is 0.446. The number of nitrogens with two attached hydrogens (primary N) is 1. The number of carbonyl (C=O) groups is 1. The summed E-state index contributed by atoms with van der Waals surface area (Å²) in [5.74, 6) is -0.627. The number of rotatable bonds is 4. The lowest BCUT2D eigenvalue weighted by molar-refractivity contribution is 0.0984. The van der Waals surface area contributed by atoms with E-state index < -0.39 is 21.7 Å². The maximum Gasteiger partial charge on any atom is 0.288 e. The molecule has 0 atom stereocenters. The third-order valence-corrected chi connectivity index (χ3v) is 6.91. The number of amidine groups is 1. The number of hydrogen-bond donors (Lipinski definition) is 2. The Labute approximate surface area is 200 Å². The molecule has 2 aromatic carbocycles. The smallest absolute Gasteiger partial charge is 0.288 e. The molecule has 3 heterocycles. The average molecular weight is 491 g/mol. The summed E-state index contributed by atoms with van der Waals surface area (Å²) < 4.78 is 44.7. The molecule has 176 valence electrons. The van der Waals surface area contributed by atoms with E-state index in [-0.39, 0.29) is 45.4 Å². The minimum Gasteiger partial charge on any atom is -0.384 e. The van der Waals surface area contributed by atoms with Crippen molar-refractivity contribution < 1.29 is 17.6 Å². The van der Waals surface area contributed by atoms with E-state index in [0.29, 0.717) is 11.1 Å². The van der Waals surface area contributed by atoms with Gasteiger partial charge in [-0.1, -0.05) is 6.07 Å². The fourth-order valence-electron chi connectivity index (χ4n) is 4.00. The largest absolute Gasteiger partial charge is 0.384 e. The Hall–Kier alpha value is -4.38. The summed E-state index contributed by atoms with van der Waals surface area (Å²) in [6.07, 6.45) is 2.90. The summed E-state index contributed by atoms with van der Waals surface area (Å²) in [5.41, 5.74) is 7.10. The molecule has 3 N–H and O–H groups in total. The monoisotopic (exact) mass is 490 g/mol. The highest BCUT2D eigenvalue weighted by Gasteiger charge is 2.32. The first-order valence-corrected chi connectivity index (χ1v) is 11.9.